The molecule has 0 fully saturated rings. The molecule has 1 heterocycles. The summed E-state index contributed by atoms with van der Waals surface area (Å²) in [4.78, 5) is 11.0. The van der Waals surface area contributed by atoms with Gasteiger partial charge in [0.1, 0.15) is 6.04 Å². The van der Waals surface area contributed by atoms with Gasteiger partial charge in [0.05, 0.1) is 0 Å². The van der Waals surface area contributed by atoms with Gasteiger partial charge in [0.2, 0.25) is 0 Å². The lowest BCUT2D eigenvalue weighted by Crippen LogP contribution is -2.33. The Morgan fingerprint density at radius 2 is 2.06 bits per heavy atom. The molecule has 3 rings (SSSR count). The van der Waals surface area contributed by atoms with Gasteiger partial charge in [0, 0.05) is 5.69 Å². The Kier molecular flexibility index (Phi) is 2.25. The Bertz CT molecular complexity index is 592. The first kappa shape index (κ1) is 10.1. The first-order valence-electron chi connectivity index (χ1n) is 5.75. The maximum absolute atomic E-state index is 11.0. The predicted octanol–water partition coefficient (Wildman–Crippen LogP) is 2.65. The minimum absolute atomic E-state index is 0.455. The van der Waals surface area contributed by atoms with Gasteiger partial charge in [-0.15, -0.1) is 0 Å². The molecule has 1 atom stereocenters. The number of hydrogen-bond donors (Lipinski definition) is 2. The van der Waals surface area contributed by atoms with Crippen LogP contribution in [0.1, 0.15) is 12.0 Å². The molecular formula is C14H13NO2. The van der Waals surface area contributed by atoms with Crippen molar-refractivity contribution in [2.75, 3.05) is 5.32 Å². The number of fused-ring (bicyclic) bond motifs is 3. The van der Waals surface area contributed by atoms with Gasteiger partial charge < -0.3 is 10.4 Å². The molecule has 3 nitrogen and oxygen atoms in total. The summed E-state index contributed by atoms with van der Waals surface area (Å²) in [7, 11) is 0. The van der Waals surface area contributed by atoms with Crippen molar-refractivity contribution in [3.63, 3.8) is 0 Å². The number of carbonyl (C=O) groups is 1. The summed E-state index contributed by atoms with van der Waals surface area (Å²) in [6.07, 6.45) is 1.47. The average molecular weight is 227 g/mol. The van der Waals surface area contributed by atoms with Crippen LogP contribution in [0.2, 0.25) is 0 Å². The maximum atomic E-state index is 11.0. The topological polar surface area (TPSA) is 49.3 Å². The SMILES string of the molecule is O=C(O)C1CCc2c(ccc3ccccc23)N1. The van der Waals surface area contributed by atoms with Crippen molar-refractivity contribution in [3.05, 3.63) is 42.0 Å². The molecule has 0 amide bonds. The lowest BCUT2D eigenvalue weighted by molar-refractivity contribution is -0.138. The van der Waals surface area contributed by atoms with E-state index in [0.29, 0.717) is 6.42 Å². The average Bonchev–Trinajstić information content (AvgIpc) is 2.38. The molecule has 2 N–H and O–H groups in total. The molecule has 0 radical (unpaired) electrons. The van der Waals surface area contributed by atoms with E-state index in [1.54, 1.807) is 0 Å². The Labute approximate surface area is 99.1 Å². The smallest absolute Gasteiger partial charge is 0.326 e. The summed E-state index contributed by atoms with van der Waals surface area (Å²) in [6.45, 7) is 0. The van der Waals surface area contributed by atoms with Crippen molar-refractivity contribution >= 4 is 22.4 Å². The highest BCUT2D eigenvalue weighted by molar-refractivity contribution is 5.92. The molecule has 17 heavy (non-hydrogen) atoms. The molecule has 0 bridgehead atoms. The molecule has 86 valence electrons. The lowest BCUT2D eigenvalue weighted by atomic mass is 9.93. The maximum Gasteiger partial charge on any atom is 0.326 e. The Morgan fingerprint density at radius 3 is 2.88 bits per heavy atom. The number of nitrogens with one attached hydrogen (secondary N) is 1. The lowest BCUT2D eigenvalue weighted by Gasteiger charge is -2.25. The van der Waals surface area contributed by atoms with E-state index in [2.05, 4.69) is 17.4 Å². The number of rotatable bonds is 1. The number of hydrogen-bond acceptors (Lipinski definition) is 2. The highest BCUT2D eigenvalue weighted by Crippen LogP contribution is 2.31. The summed E-state index contributed by atoms with van der Waals surface area (Å²) in [6, 6.07) is 11.8. The molecule has 1 aliphatic rings. The van der Waals surface area contributed by atoms with Gasteiger partial charge in [-0.05, 0) is 35.2 Å². The second kappa shape index (κ2) is 3.77. The Morgan fingerprint density at radius 1 is 1.24 bits per heavy atom. The summed E-state index contributed by atoms with van der Waals surface area (Å²) < 4.78 is 0. The highest BCUT2D eigenvalue weighted by Gasteiger charge is 2.24. The number of carboxylic acid groups (broad SMARTS) is 1. The molecule has 1 aliphatic heterocycles. The van der Waals surface area contributed by atoms with E-state index in [0.717, 1.165) is 12.1 Å². The van der Waals surface area contributed by atoms with E-state index in [-0.39, 0.29) is 0 Å². The van der Waals surface area contributed by atoms with Crippen LogP contribution >= 0.6 is 0 Å². The highest BCUT2D eigenvalue weighted by atomic mass is 16.4. The number of carboxylic acids is 1. The van der Waals surface area contributed by atoms with E-state index >= 15 is 0 Å². The first-order valence-corrected chi connectivity index (χ1v) is 5.75. The van der Waals surface area contributed by atoms with Crippen LogP contribution in [0.4, 0.5) is 5.69 Å². The normalized spacial score (nSPS) is 18.5. The molecule has 0 saturated carbocycles. The van der Waals surface area contributed by atoms with Gasteiger partial charge in [-0.25, -0.2) is 4.79 Å². The van der Waals surface area contributed by atoms with Gasteiger partial charge in [-0.3, -0.25) is 0 Å². The quantitative estimate of drug-likeness (QED) is 0.787. The third kappa shape index (κ3) is 1.64. The van der Waals surface area contributed by atoms with Gasteiger partial charge >= 0.3 is 5.97 Å². The van der Waals surface area contributed by atoms with Crippen LogP contribution < -0.4 is 5.32 Å². The largest absolute Gasteiger partial charge is 0.480 e. The molecular weight excluding hydrogens is 214 g/mol. The van der Waals surface area contributed by atoms with Crippen molar-refractivity contribution in [2.45, 2.75) is 18.9 Å². The van der Waals surface area contributed by atoms with Gasteiger partial charge in [0.25, 0.3) is 0 Å². The third-order valence-corrected chi connectivity index (χ3v) is 3.35. The molecule has 1 unspecified atom stereocenters. The number of anilines is 1. The van der Waals surface area contributed by atoms with E-state index < -0.39 is 12.0 Å². The van der Waals surface area contributed by atoms with Crippen LogP contribution in [0, 0.1) is 0 Å². The Balaban J connectivity index is 2.11. The van der Waals surface area contributed by atoms with Crippen LogP contribution in [-0.4, -0.2) is 17.1 Å². The molecule has 0 aromatic heterocycles. The molecule has 0 aliphatic carbocycles. The minimum Gasteiger partial charge on any atom is -0.480 e. The van der Waals surface area contributed by atoms with E-state index in [1.807, 2.05) is 24.3 Å². The van der Waals surface area contributed by atoms with Crippen molar-refractivity contribution in [1.29, 1.82) is 0 Å². The van der Waals surface area contributed by atoms with Crippen LogP contribution in [0.25, 0.3) is 10.8 Å². The monoisotopic (exact) mass is 227 g/mol. The molecule has 0 saturated heterocycles. The third-order valence-electron chi connectivity index (χ3n) is 3.35. The summed E-state index contributed by atoms with van der Waals surface area (Å²) in [5.41, 5.74) is 2.20. The molecule has 2 aromatic rings. The zero-order valence-electron chi connectivity index (χ0n) is 9.31. The Hall–Kier alpha value is -2.03. The minimum atomic E-state index is -0.774. The standard InChI is InChI=1S/C14H13NO2/c16-14(17)13-8-6-11-10-4-2-1-3-9(10)5-7-12(11)15-13/h1-5,7,13,15H,6,8H2,(H,16,17). The molecule has 0 spiro atoms. The fourth-order valence-electron chi connectivity index (χ4n) is 2.47. The van der Waals surface area contributed by atoms with Crippen LogP contribution in [-0.2, 0) is 11.2 Å². The first-order chi connectivity index (χ1) is 8.25. The zero-order valence-corrected chi connectivity index (χ0v) is 9.31. The second-order valence-corrected chi connectivity index (χ2v) is 4.39. The fraction of sp³-hybridized carbons (Fsp3) is 0.214. The zero-order chi connectivity index (χ0) is 11.8. The number of aryl methyl sites for hydroxylation is 1. The van der Waals surface area contributed by atoms with E-state index in [4.69, 9.17) is 5.11 Å². The predicted molar refractivity (Wildman–Crippen MR) is 67.3 cm³/mol. The second-order valence-electron chi connectivity index (χ2n) is 4.39. The van der Waals surface area contributed by atoms with E-state index in [9.17, 15) is 4.79 Å². The van der Waals surface area contributed by atoms with Crippen molar-refractivity contribution < 1.29 is 9.90 Å². The van der Waals surface area contributed by atoms with Gasteiger partial charge in [-0.1, -0.05) is 30.3 Å². The van der Waals surface area contributed by atoms with Crippen molar-refractivity contribution in [2.24, 2.45) is 0 Å². The van der Waals surface area contributed by atoms with Gasteiger partial charge in [-0.2, -0.15) is 0 Å². The summed E-state index contributed by atoms with van der Waals surface area (Å²) >= 11 is 0. The summed E-state index contributed by atoms with van der Waals surface area (Å²) in [5.74, 6) is -0.774. The van der Waals surface area contributed by atoms with Gasteiger partial charge in [0.15, 0.2) is 0 Å². The van der Waals surface area contributed by atoms with Crippen LogP contribution in [0.15, 0.2) is 36.4 Å². The fourth-order valence-corrected chi connectivity index (χ4v) is 2.47. The van der Waals surface area contributed by atoms with Crippen molar-refractivity contribution in [3.8, 4) is 0 Å². The summed E-state index contributed by atoms with van der Waals surface area (Å²) in [5, 5.41) is 14.5. The number of aliphatic carboxylic acids is 1. The molecule has 3 heteroatoms. The van der Waals surface area contributed by atoms with Crippen LogP contribution in [0.3, 0.4) is 0 Å². The van der Waals surface area contributed by atoms with Crippen LogP contribution in [0.5, 0.6) is 0 Å². The molecule has 2 aromatic carbocycles. The number of benzene rings is 2. The van der Waals surface area contributed by atoms with Crippen molar-refractivity contribution in [1.82, 2.24) is 0 Å². The van der Waals surface area contributed by atoms with E-state index in [1.165, 1.54) is 16.3 Å².